The van der Waals surface area contributed by atoms with Crippen molar-refractivity contribution < 1.29 is 14.4 Å². The van der Waals surface area contributed by atoms with E-state index in [1.807, 2.05) is 0 Å². The van der Waals surface area contributed by atoms with Gasteiger partial charge in [0.15, 0.2) is 0 Å². The molecule has 0 radical (unpaired) electrons. The van der Waals surface area contributed by atoms with Crippen LogP contribution in [0.2, 0.25) is 5.02 Å². The highest BCUT2D eigenvalue weighted by Crippen LogP contribution is 2.20. The zero-order chi connectivity index (χ0) is 14.9. The Hall–Kier alpha value is -2.08. The van der Waals surface area contributed by atoms with E-state index in [4.69, 9.17) is 17.3 Å². The molecule has 1 aliphatic heterocycles. The highest BCUT2D eigenvalue weighted by Gasteiger charge is 2.35. The molecule has 0 saturated carbocycles. The molecule has 3 amide bonds. The van der Waals surface area contributed by atoms with E-state index in [9.17, 15) is 14.4 Å². The molecule has 1 heterocycles. The zero-order valence-corrected chi connectivity index (χ0v) is 11.6. The van der Waals surface area contributed by atoms with E-state index >= 15 is 0 Å². The van der Waals surface area contributed by atoms with E-state index in [0.29, 0.717) is 17.1 Å². The van der Waals surface area contributed by atoms with E-state index in [2.05, 4.69) is 5.32 Å². The number of anilines is 1. The Morgan fingerprint density at radius 1 is 1.45 bits per heavy atom. The molecular formula is C13H14ClN3O3. The molecule has 1 unspecified atom stereocenters. The maximum Gasteiger partial charge on any atom is 0.255 e. The molecule has 1 fully saturated rings. The third kappa shape index (κ3) is 2.75. The lowest BCUT2D eigenvalue weighted by atomic mass is 10.1. The number of halogens is 1. The van der Waals surface area contributed by atoms with Crippen LogP contribution in [-0.4, -0.2) is 35.2 Å². The van der Waals surface area contributed by atoms with Crippen molar-refractivity contribution >= 4 is 35.0 Å². The first kappa shape index (κ1) is 14.3. The summed E-state index contributed by atoms with van der Waals surface area (Å²) in [4.78, 5) is 36.9. The van der Waals surface area contributed by atoms with E-state index in [-0.39, 0.29) is 12.1 Å². The van der Waals surface area contributed by atoms with Gasteiger partial charge in [-0.1, -0.05) is 18.5 Å². The number of nitrogen functional groups attached to an aromatic ring is 1. The molecule has 0 spiro atoms. The van der Waals surface area contributed by atoms with Gasteiger partial charge >= 0.3 is 0 Å². The fourth-order valence-corrected chi connectivity index (χ4v) is 2.43. The van der Waals surface area contributed by atoms with Crippen LogP contribution >= 0.6 is 11.6 Å². The quantitative estimate of drug-likeness (QED) is 0.623. The molecule has 1 atom stereocenters. The molecular weight excluding hydrogens is 282 g/mol. The lowest BCUT2D eigenvalue weighted by Gasteiger charge is -2.33. The first-order valence-corrected chi connectivity index (χ1v) is 6.51. The average molecular weight is 296 g/mol. The first-order chi connectivity index (χ1) is 9.42. The van der Waals surface area contributed by atoms with Crippen LogP contribution in [0.3, 0.4) is 0 Å². The second kappa shape index (κ2) is 5.50. The van der Waals surface area contributed by atoms with Crippen molar-refractivity contribution in [2.24, 2.45) is 0 Å². The number of carbonyl (C=O) groups is 3. The van der Waals surface area contributed by atoms with Gasteiger partial charge in [0, 0.05) is 16.3 Å². The summed E-state index contributed by atoms with van der Waals surface area (Å²) in [6, 6.07) is 3.78. The van der Waals surface area contributed by atoms with Gasteiger partial charge in [0.05, 0.1) is 0 Å². The Morgan fingerprint density at radius 2 is 2.15 bits per heavy atom. The van der Waals surface area contributed by atoms with Crippen molar-refractivity contribution in [3.8, 4) is 0 Å². The predicted molar refractivity (Wildman–Crippen MR) is 74.1 cm³/mol. The number of nitrogens with two attached hydrogens (primary N) is 1. The lowest BCUT2D eigenvalue weighted by Crippen LogP contribution is -2.59. The fraction of sp³-hybridized carbons (Fsp3) is 0.308. The summed E-state index contributed by atoms with van der Waals surface area (Å²) >= 11 is 5.86. The van der Waals surface area contributed by atoms with Crippen LogP contribution in [0.25, 0.3) is 0 Å². The van der Waals surface area contributed by atoms with Crippen molar-refractivity contribution in [1.29, 1.82) is 0 Å². The van der Waals surface area contributed by atoms with Crippen molar-refractivity contribution in [3.63, 3.8) is 0 Å². The number of rotatable bonds is 2. The standard InChI is InChI=1S/C13H14ClN3O3/c1-2-10-12(19)16-11(18)6-17(10)13(20)7-3-8(14)5-9(15)4-7/h3-5,10H,2,6,15H2,1H3,(H,16,18,19). The molecule has 0 aromatic heterocycles. The van der Waals surface area contributed by atoms with Gasteiger partial charge in [0.1, 0.15) is 12.6 Å². The number of amides is 3. The minimum atomic E-state index is -0.666. The smallest absolute Gasteiger partial charge is 0.255 e. The normalized spacial score (nSPS) is 18.9. The molecule has 20 heavy (non-hydrogen) atoms. The molecule has 1 aromatic carbocycles. The Kier molecular flexibility index (Phi) is 3.94. The maximum absolute atomic E-state index is 12.4. The lowest BCUT2D eigenvalue weighted by molar-refractivity contribution is -0.138. The zero-order valence-electron chi connectivity index (χ0n) is 10.9. The highest BCUT2D eigenvalue weighted by molar-refractivity contribution is 6.31. The third-order valence-electron chi connectivity index (χ3n) is 3.07. The van der Waals surface area contributed by atoms with Crippen molar-refractivity contribution in [3.05, 3.63) is 28.8 Å². The fourth-order valence-electron chi connectivity index (χ4n) is 2.19. The number of hydrogen-bond donors (Lipinski definition) is 2. The van der Waals surface area contributed by atoms with Gasteiger partial charge < -0.3 is 10.6 Å². The van der Waals surface area contributed by atoms with Crippen LogP contribution in [0.15, 0.2) is 18.2 Å². The second-order valence-electron chi connectivity index (χ2n) is 4.54. The number of benzene rings is 1. The molecule has 106 valence electrons. The summed E-state index contributed by atoms with van der Waals surface area (Å²) in [5, 5.41) is 2.54. The van der Waals surface area contributed by atoms with Gasteiger partial charge in [-0.15, -0.1) is 0 Å². The van der Waals surface area contributed by atoms with Crippen LogP contribution in [0.1, 0.15) is 23.7 Å². The molecule has 1 saturated heterocycles. The Labute approximate surface area is 120 Å². The number of piperazine rings is 1. The number of nitrogens with zero attached hydrogens (tertiary/aromatic N) is 1. The summed E-state index contributed by atoms with van der Waals surface area (Å²) in [5.74, 6) is -1.40. The minimum Gasteiger partial charge on any atom is -0.399 e. The first-order valence-electron chi connectivity index (χ1n) is 6.13. The molecule has 1 aromatic rings. The van der Waals surface area contributed by atoms with Crippen molar-refractivity contribution in [2.75, 3.05) is 12.3 Å². The topological polar surface area (TPSA) is 92.5 Å². The van der Waals surface area contributed by atoms with E-state index in [1.165, 1.54) is 23.1 Å². The molecule has 7 heteroatoms. The Bertz CT molecular complexity index is 568. The van der Waals surface area contributed by atoms with Crippen molar-refractivity contribution in [2.45, 2.75) is 19.4 Å². The van der Waals surface area contributed by atoms with Gasteiger partial charge in [-0.25, -0.2) is 0 Å². The molecule has 0 aliphatic carbocycles. The van der Waals surface area contributed by atoms with Crippen LogP contribution in [0.4, 0.5) is 5.69 Å². The Balaban J connectivity index is 2.34. The molecule has 2 rings (SSSR count). The largest absolute Gasteiger partial charge is 0.399 e. The number of hydrogen-bond acceptors (Lipinski definition) is 4. The Morgan fingerprint density at radius 3 is 2.75 bits per heavy atom. The van der Waals surface area contributed by atoms with Crippen LogP contribution in [-0.2, 0) is 9.59 Å². The summed E-state index contributed by atoms with van der Waals surface area (Å²) in [6.07, 6.45) is 0.418. The van der Waals surface area contributed by atoms with Crippen molar-refractivity contribution in [1.82, 2.24) is 10.2 Å². The van der Waals surface area contributed by atoms with E-state index in [1.54, 1.807) is 6.92 Å². The van der Waals surface area contributed by atoms with Gasteiger partial charge in [0.2, 0.25) is 11.8 Å². The highest BCUT2D eigenvalue weighted by atomic mass is 35.5. The van der Waals surface area contributed by atoms with E-state index < -0.39 is 23.8 Å². The van der Waals surface area contributed by atoms with Crippen LogP contribution < -0.4 is 11.1 Å². The number of nitrogens with one attached hydrogen (secondary N) is 1. The van der Waals surface area contributed by atoms with Gasteiger partial charge in [0.25, 0.3) is 5.91 Å². The average Bonchev–Trinajstić information content (AvgIpc) is 2.35. The molecule has 0 bridgehead atoms. The summed E-state index contributed by atoms with van der Waals surface area (Å²) in [5.41, 5.74) is 6.26. The molecule has 1 aliphatic rings. The number of imide groups is 1. The third-order valence-corrected chi connectivity index (χ3v) is 3.29. The minimum absolute atomic E-state index is 0.157. The van der Waals surface area contributed by atoms with Crippen LogP contribution in [0.5, 0.6) is 0 Å². The number of carbonyl (C=O) groups excluding carboxylic acids is 3. The van der Waals surface area contributed by atoms with E-state index in [0.717, 1.165) is 0 Å². The predicted octanol–water partition coefficient (Wildman–Crippen LogP) is 0.799. The molecule has 6 nitrogen and oxygen atoms in total. The van der Waals surface area contributed by atoms with Gasteiger partial charge in [-0.3, -0.25) is 19.7 Å². The SMILES string of the molecule is CCC1C(=O)NC(=O)CN1C(=O)c1cc(N)cc(Cl)c1. The maximum atomic E-state index is 12.4. The molecule has 3 N–H and O–H groups in total. The second-order valence-corrected chi connectivity index (χ2v) is 4.98. The summed E-state index contributed by atoms with van der Waals surface area (Å²) in [6.45, 7) is 1.61. The summed E-state index contributed by atoms with van der Waals surface area (Å²) < 4.78 is 0. The van der Waals surface area contributed by atoms with Crippen LogP contribution in [0, 0.1) is 0 Å². The van der Waals surface area contributed by atoms with Gasteiger partial charge in [-0.05, 0) is 24.6 Å². The summed E-state index contributed by atoms with van der Waals surface area (Å²) in [7, 11) is 0. The van der Waals surface area contributed by atoms with Gasteiger partial charge in [-0.2, -0.15) is 0 Å². The monoisotopic (exact) mass is 295 g/mol.